The molecule has 0 radical (unpaired) electrons. The van der Waals surface area contributed by atoms with Crippen LogP contribution in [0.5, 0.6) is 5.75 Å². The zero-order valence-electron chi connectivity index (χ0n) is 10.6. The second-order valence-electron chi connectivity index (χ2n) is 3.99. The highest BCUT2D eigenvalue weighted by Gasteiger charge is 2.17. The summed E-state index contributed by atoms with van der Waals surface area (Å²) < 4.78 is 6.00. The van der Waals surface area contributed by atoms with Crippen LogP contribution in [0.1, 0.15) is 13.8 Å². The van der Waals surface area contributed by atoms with Gasteiger partial charge in [0.05, 0.1) is 17.5 Å². The Labute approximate surface area is 122 Å². The molecule has 0 saturated carbocycles. The van der Waals surface area contributed by atoms with Crippen molar-refractivity contribution in [3.63, 3.8) is 0 Å². The maximum atomic E-state index is 11.8. The second-order valence-corrected chi connectivity index (χ2v) is 4.84. The molecule has 0 aromatic heterocycles. The van der Waals surface area contributed by atoms with E-state index >= 15 is 0 Å². The summed E-state index contributed by atoms with van der Waals surface area (Å²) in [6.07, 6.45) is 0. The van der Waals surface area contributed by atoms with Crippen LogP contribution in [-0.2, 0) is 4.79 Å². The Hall–Kier alpha value is -0.780. The number of methoxy groups -OCH3 is 1. The van der Waals surface area contributed by atoms with Gasteiger partial charge in [0.15, 0.2) is 0 Å². The van der Waals surface area contributed by atoms with E-state index in [2.05, 4.69) is 21.2 Å². The minimum Gasteiger partial charge on any atom is -0.495 e. The van der Waals surface area contributed by atoms with Gasteiger partial charge in [-0.05, 0) is 35.0 Å². The van der Waals surface area contributed by atoms with Crippen molar-refractivity contribution in [1.29, 1.82) is 0 Å². The van der Waals surface area contributed by atoms with Crippen LogP contribution >= 0.6 is 28.3 Å². The summed E-state index contributed by atoms with van der Waals surface area (Å²) in [5, 5.41) is 2.81. The van der Waals surface area contributed by atoms with Crippen LogP contribution in [0, 0.1) is 5.92 Å². The molecule has 1 rings (SSSR count). The van der Waals surface area contributed by atoms with Crippen molar-refractivity contribution in [3.05, 3.63) is 22.7 Å². The Morgan fingerprint density at radius 1 is 1.44 bits per heavy atom. The number of benzene rings is 1. The van der Waals surface area contributed by atoms with Crippen LogP contribution in [0.25, 0.3) is 0 Å². The molecule has 0 saturated heterocycles. The summed E-state index contributed by atoms with van der Waals surface area (Å²) in [5.74, 6) is 0.352. The summed E-state index contributed by atoms with van der Waals surface area (Å²) in [5.41, 5.74) is 6.37. The van der Waals surface area contributed by atoms with Crippen molar-refractivity contribution in [1.82, 2.24) is 0 Å². The van der Waals surface area contributed by atoms with Crippen molar-refractivity contribution >= 4 is 39.9 Å². The number of ether oxygens (including phenoxy) is 1. The number of nitrogens with two attached hydrogens (primary N) is 1. The molecule has 2 atom stereocenters. The molecule has 1 amide bonds. The molecule has 3 N–H and O–H groups in total. The molecule has 0 aliphatic rings. The first-order chi connectivity index (χ1) is 7.95. The van der Waals surface area contributed by atoms with Crippen LogP contribution in [0.15, 0.2) is 22.7 Å². The van der Waals surface area contributed by atoms with Crippen LogP contribution in [0.2, 0.25) is 0 Å². The number of halogens is 2. The first-order valence-corrected chi connectivity index (χ1v) is 6.15. The Balaban J connectivity index is 0.00000289. The fraction of sp³-hybridized carbons (Fsp3) is 0.417. The number of hydrogen-bond donors (Lipinski definition) is 2. The van der Waals surface area contributed by atoms with Crippen molar-refractivity contribution in [2.45, 2.75) is 19.9 Å². The molecule has 0 aliphatic heterocycles. The molecular formula is C12H18BrClN2O2. The average Bonchev–Trinajstić information content (AvgIpc) is 2.30. The molecule has 1 aromatic carbocycles. The third kappa shape index (κ3) is 4.48. The number of carbonyl (C=O) groups is 1. The lowest BCUT2D eigenvalue weighted by atomic mass is 10.0. The molecule has 102 valence electrons. The number of carbonyl (C=O) groups excluding carboxylic acids is 1. The number of anilines is 1. The van der Waals surface area contributed by atoms with E-state index in [9.17, 15) is 4.79 Å². The number of nitrogens with one attached hydrogen (secondary N) is 1. The van der Waals surface area contributed by atoms with E-state index in [-0.39, 0.29) is 30.3 Å². The molecule has 0 fully saturated rings. The van der Waals surface area contributed by atoms with Gasteiger partial charge in [0.1, 0.15) is 5.75 Å². The normalized spacial score (nSPS) is 13.2. The highest BCUT2D eigenvalue weighted by Crippen LogP contribution is 2.28. The van der Waals surface area contributed by atoms with Gasteiger partial charge in [0.2, 0.25) is 5.91 Å². The quantitative estimate of drug-likeness (QED) is 0.888. The molecule has 0 aliphatic carbocycles. The van der Waals surface area contributed by atoms with Crippen LogP contribution in [0.3, 0.4) is 0 Å². The summed E-state index contributed by atoms with van der Waals surface area (Å²) in [6.45, 7) is 3.61. The van der Waals surface area contributed by atoms with Crippen LogP contribution < -0.4 is 15.8 Å². The molecule has 0 spiro atoms. The predicted octanol–water partition coefficient (Wildman–Crippen LogP) is 2.80. The van der Waals surface area contributed by atoms with E-state index in [1.54, 1.807) is 26.2 Å². The zero-order valence-corrected chi connectivity index (χ0v) is 13.0. The SMILES string of the molecule is COc1cc(NC(=O)C(C)C(C)N)ccc1Br.Cl. The maximum Gasteiger partial charge on any atom is 0.228 e. The Morgan fingerprint density at radius 3 is 2.56 bits per heavy atom. The predicted molar refractivity (Wildman–Crippen MR) is 79.4 cm³/mol. The van der Waals surface area contributed by atoms with Crippen molar-refractivity contribution in [3.8, 4) is 5.75 Å². The molecule has 0 heterocycles. The van der Waals surface area contributed by atoms with Gasteiger partial charge in [-0.25, -0.2) is 0 Å². The van der Waals surface area contributed by atoms with E-state index in [1.807, 2.05) is 13.0 Å². The van der Waals surface area contributed by atoms with E-state index < -0.39 is 0 Å². The van der Waals surface area contributed by atoms with Gasteiger partial charge in [-0.3, -0.25) is 4.79 Å². The molecule has 4 nitrogen and oxygen atoms in total. The van der Waals surface area contributed by atoms with Gasteiger partial charge in [0, 0.05) is 17.8 Å². The van der Waals surface area contributed by atoms with Crippen LogP contribution in [0.4, 0.5) is 5.69 Å². The minimum absolute atomic E-state index is 0. The minimum atomic E-state index is -0.232. The van der Waals surface area contributed by atoms with Gasteiger partial charge in [-0.1, -0.05) is 6.92 Å². The van der Waals surface area contributed by atoms with E-state index in [0.29, 0.717) is 11.4 Å². The fourth-order valence-corrected chi connectivity index (χ4v) is 1.64. The monoisotopic (exact) mass is 336 g/mol. The van der Waals surface area contributed by atoms with Gasteiger partial charge in [-0.15, -0.1) is 12.4 Å². The largest absolute Gasteiger partial charge is 0.495 e. The van der Waals surface area contributed by atoms with E-state index in [0.717, 1.165) is 4.47 Å². The standard InChI is InChI=1S/C12H17BrN2O2.ClH/c1-7(8(2)14)12(16)15-9-4-5-10(13)11(6-9)17-3;/h4-8H,14H2,1-3H3,(H,15,16);1H. The number of hydrogen-bond acceptors (Lipinski definition) is 3. The molecule has 0 bridgehead atoms. The molecule has 6 heteroatoms. The van der Waals surface area contributed by atoms with Crippen molar-refractivity contribution in [2.75, 3.05) is 12.4 Å². The van der Waals surface area contributed by atoms with E-state index in [1.165, 1.54) is 0 Å². The highest BCUT2D eigenvalue weighted by atomic mass is 79.9. The first kappa shape index (κ1) is 17.2. The molecule has 1 aromatic rings. The lowest BCUT2D eigenvalue weighted by Gasteiger charge is -2.15. The van der Waals surface area contributed by atoms with Crippen molar-refractivity contribution in [2.24, 2.45) is 11.7 Å². The van der Waals surface area contributed by atoms with Gasteiger partial charge >= 0.3 is 0 Å². The Kier molecular flexibility index (Phi) is 7.28. The summed E-state index contributed by atoms with van der Waals surface area (Å²) in [7, 11) is 1.58. The fourth-order valence-electron chi connectivity index (χ4n) is 1.23. The zero-order chi connectivity index (χ0) is 13.0. The smallest absolute Gasteiger partial charge is 0.228 e. The Bertz CT molecular complexity index is 413. The lowest BCUT2D eigenvalue weighted by molar-refractivity contribution is -0.119. The van der Waals surface area contributed by atoms with Crippen LogP contribution in [-0.4, -0.2) is 19.1 Å². The highest BCUT2D eigenvalue weighted by molar-refractivity contribution is 9.10. The topological polar surface area (TPSA) is 64.3 Å². The van der Waals surface area contributed by atoms with E-state index in [4.69, 9.17) is 10.5 Å². The summed E-state index contributed by atoms with van der Waals surface area (Å²) >= 11 is 3.35. The van der Waals surface area contributed by atoms with Gasteiger partial charge in [0.25, 0.3) is 0 Å². The Morgan fingerprint density at radius 2 is 2.06 bits per heavy atom. The second kappa shape index (κ2) is 7.61. The first-order valence-electron chi connectivity index (χ1n) is 5.35. The summed E-state index contributed by atoms with van der Waals surface area (Å²) in [6, 6.07) is 5.21. The van der Waals surface area contributed by atoms with Crippen molar-refractivity contribution < 1.29 is 9.53 Å². The number of amides is 1. The third-order valence-corrected chi connectivity index (χ3v) is 3.28. The van der Waals surface area contributed by atoms with Gasteiger partial charge < -0.3 is 15.8 Å². The number of rotatable bonds is 4. The molecular weight excluding hydrogens is 320 g/mol. The third-order valence-electron chi connectivity index (χ3n) is 2.62. The molecule has 2 unspecified atom stereocenters. The molecule has 18 heavy (non-hydrogen) atoms. The van der Waals surface area contributed by atoms with Gasteiger partial charge in [-0.2, -0.15) is 0 Å². The maximum absolute atomic E-state index is 11.8. The average molecular weight is 338 g/mol. The lowest BCUT2D eigenvalue weighted by Crippen LogP contribution is -2.34. The summed E-state index contributed by atoms with van der Waals surface area (Å²) in [4.78, 5) is 11.8.